The summed E-state index contributed by atoms with van der Waals surface area (Å²) in [4.78, 5) is 13.8. The van der Waals surface area contributed by atoms with Gasteiger partial charge < -0.3 is 9.64 Å². The van der Waals surface area contributed by atoms with Crippen molar-refractivity contribution in [2.24, 2.45) is 11.8 Å². The molecule has 4 heteroatoms. The van der Waals surface area contributed by atoms with Gasteiger partial charge in [0.25, 0.3) is 0 Å². The van der Waals surface area contributed by atoms with Crippen LogP contribution in [0.3, 0.4) is 0 Å². The Morgan fingerprint density at radius 1 is 1.56 bits per heavy atom. The molecule has 0 aromatic rings. The molecule has 90 valence electrons. The van der Waals surface area contributed by atoms with Gasteiger partial charge in [0.05, 0.1) is 18.2 Å². The van der Waals surface area contributed by atoms with Crippen LogP contribution in [0.4, 0.5) is 0 Å². The van der Waals surface area contributed by atoms with Crippen molar-refractivity contribution in [2.45, 2.75) is 39.3 Å². The standard InChI is InChI=1S/C12H20N2O2/c1-8(2)10(7-13)12(15)14(4)11-5-6-16-9(11)3/h8-11H,5-6H2,1-4H3. The molecule has 0 spiro atoms. The van der Waals surface area contributed by atoms with Crippen LogP contribution in [-0.4, -0.2) is 36.6 Å². The second-order valence-electron chi connectivity index (χ2n) is 4.73. The minimum Gasteiger partial charge on any atom is -0.376 e. The van der Waals surface area contributed by atoms with E-state index in [1.165, 1.54) is 0 Å². The molecule has 0 radical (unpaired) electrons. The summed E-state index contributed by atoms with van der Waals surface area (Å²) in [5.41, 5.74) is 0. The highest BCUT2D eigenvalue weighted by Crippen LogP contribution is 2.21. The molecule has 0 N–H and O–H groups in total. The maximum absolute atomic E-state index is 12.1. The first-order valence-electron chi connectivity index (χ1n) is 5.77. The second kappa shape index (κ2) is 5.31. The lowest BCUT2D eigenvalue weighted by Gasteiger charge is -2.29. The lowest BCUT2D eigenvalue weighted by molar-refractivity contribution is -0.136. The van der Waals surface area contributed by atoms with E-state index in [4.69, 9.17) is 10.00 Å². The van der Waals surface area contributed by atoms with Crippen molar-refractivity contribution in [3.8, 4) is 6.07 Å². The average molecular weight is 224 g/mol. The number of nitrogens with zero attached hydrogens (tertiary/aromatic N) is 2. The zero-order chi connectivity index (χ0) is 12.3. The van der Waals surface area contributed by atoms with Crippen LogP contribution in [0.2, 0.25) is 0 Å². The van der Waals surface area contributed by atoms with Crippen molar-refractivity contribution in [1.82, 2.24) is 4.90 Å². The molecule has 1 amide bonds. The summed E-state index contributed by atoms with van der Waals surface area (Å²) in [7, 11) is 1.77. The predicted octanol–water partition coefficient (Wildman–Crippen LogP) is 1.42. The van der Waals surface area contributed by atoms with Gasteiger partial charge in [-0.25, -0.2) is 0 Å². The van der Waals surface area contributed by atoms with Gasteiger partial charge in [-0.15, -0.1) is 0 Å². The van der Waals surface area contributed by atoms with E-state index in [0.29, 0.717) is 6.61 Å². The molecule has 16 heavy (non-hydrogen) atoms. The van der Waals surface area contributed by atoms with E-state index in [-0.39, 0.29) is 24.0 Å². The Labute approximate surface area is 97.2 Å². The van der Waals surface area contributed by atoms with Gasteiger partial charge in [-0.1, -0.05) is 13.8 Å². The number of hydrogen-bond donors (Lipinski definition) is 0. The molecule has 0 aliphatic carbocycles. The van der Waals surface area contributed by atoms with Crippen LogP contribution in [0.5, 0.6) is 0 Å². The maximum Gasteiger partial charge on any atom is 0.240 e. The molecule has 1 fully saturated rings. The normalized spacial score (nSPS) is 26.5. The van der Waals surface area contributed by atoms with E-state index in [0.717, 1.165) is 6.42 Å². The molecule has 1 aliphatic rings. The Morgan fingerprint density at radius 3 is 2.56 bits per heavy atom. The number of ether oxygens (including phenoxy) is 1. The third kappa shape index (κ3) is 2.53. The molecule has 3 unspecified atom stereocenters. The molecule has 4 nitrogen and oxygen atoms in total. The van der Waals surface area contributed by atoms with Crippen LogP contribution in [0, 0.1) is 23.2 Å². The van der Waals surface area contributed by atoms with Gasteiger partial charge in [0.1, 0.15) is 5.92 Å². The molecular weight excluding hydrogens is 204 g/mol. The van der Waals surface area contributed by atoms with Gasteiger partial charge in [0.2, 0.25) is 5.91 Å². The molecule has 0 saturated carbocycles. The lowest BCUT2D eigenvalue weighted by Crippen LogP contribution is -2.44. The lowest BCUT2D eigenvalue weighted by atomic mass is 9.95. The first kappa shape index (κ1) is 13.0. The molecule has 0 bridgehead atoms. The van der Waals surface area contributed by atoms with Crippen LogP contribution in [0.25, 0.3) is 0 Å². The van der Waals surface area contributed by atoms with Crippen molar-refractivity contribution < 1.29 is 9.53 Å². The van der Waals surface area contributed by atoms with Gasteiger partial charge in [-0.2, -0.15) is 5.26 Å². The molecule has 0 aromatic heterocycles. The van der Waals surface area contributed by atoms with Crippen molar-refractivity contribution in [2.75, 3.05) is 13.7 Å². The summed E-state index contributed by atoms with van der Waals surface area (Å²) in [6.07, 6.45) is 0.931. The number of amides is 1. The second-order valence-corrected chi connectivity index (χ2v) is 4.73. The number of likely N-dealkylation sites (N-methyl/N-ethyl adjacent to an activating group) is 1. The highest BCUT2D eigenvalue weighted by atomic mass is 16.5. The summed E-state index contributed by atoms with van der Waals surface area (Å²) in [6, 6.07) is 2.20. The van der Waals surface area contributed by atoms with Gasteiger partial charge in [0, 0.05) is 13.7 Å². The molecule has 1 aliphatic heterocycles. The zero-order valence-electron chi connectivity index (χ0n) is 10.4. The predicted molar refractivity (Wildman–Crippen MR) is 60.5 cm³/mol. The molecule has 1 rings (SSSR count). The third-order valence-electron chi connectivity index (χ3n) is 3.25. The van der Waals surface area contributed by atoms with E-state index < -0.39 is 5.92 Å². The van der Waals surface area contributed by atoms with Crippen LogP contribution in [0.15, 0.2) is 0 Å². The van der Waals surface area contributed by atoms with Gasteiger partial charge in [-0.05, 0) is 19.3 Å². The van der Waals surface area contributed by atoms with Gasteiger partial charge in [-0.3, -0.25) is 4.79 Å². The van der Waals surface area contributed by atoms with Crippen molar-refractivity contribution in [3.05, 3.63) is 0 Å². The molecular formula is C12H20N2O2. The monoisotopic (exact) mass is 224 g/mol. The molecule has 3 atom stereocenters. The summed E-state index contributed by atoms with van der Waals surface area (Å²) in [5, 5.41) is 9.00. The Bertz CT molecular complexity index is 296. The quantitative estimate of drug-likeness (QED) is 0.728. The minimum atomic E-state index is -0.544. The smallest absolute Gasteiger partial charge is 0.240 e. The SMILES string of the molecule is CC(C)C(C#N)C(=O)N(C)C1CCOC1C. The number of nitriles is 1. The number of hydrogen-bond acceptors (Lipinski definition) is 3. The highest BCUT2D eigenvalue weighted by molar-refractivity contribution is 5.81. The largest absolute Gasteiger partial charge is 0.376 e. The Morgan fingerprint density at radius 2 is 2.19 bits per heavy atom. The average Bonchev–Trinajstić information content (AvgIpc) is 2.63. The first-order chi connectivity index (χ1) is 7.49. The highest BCUT2D eigenvalue weighted by Gasteiger charge is 2.34. The maximum atomic E-state index is 12.1. The summed E-state index contributed by atoms with van der Waals surface area (Å²) < 4.78 is 5.43. The van der Waals surface area contributed by atoms with Crippen molar-refractivity contribution in [3.63, 3.8) is 0 Å². The Hall–Kier alpha value is -1.08. The van der Waals surface area contributed by atoms with E-state index in [9.17, 15) is 4.79 Å². The van der Waals surface area contributed by atoms with E-state index in [2.05, 4.69) is 6.07 Å². The van der Waals surface area contributed by atoms with E-state index >= 15 is 0 Å². The molecule has 1 heterocycles. The minimum absolute atomic E-state index is 0.0533. The topological polar surface area (TPSA) is 53.3 Å². The fraction of sp³-hybridized carbons (Fsp3) is 0.833. The van der Waals surface area contributed by atoms with Crippen LogP contribution in [-0.2, 0) is 9.53 Å². The number of carbonyl (C=O) groups is 1. The van der Waals surface area contributed by atoms with Crippen LogP contribution in [0.1, 0.15) is 27.2 Å². The number of carbonyl (C=O) groups excluding carboxylic acids is 1. The van der Waals surface area contributed by atoms with Gasteiger partial charge in [0.15, 0.2) is 0 Å². The van der Waals surface area contributed by atoms with E-state index in [1.807, 2.05) is 20.8 Å². The Kier molecular flexibility index (Phi) is 4.31. The summed E-state index contributed by atoms with van der Waals surface area (Å²) >= 11 is 0. The van der Waals surface area contributed by atoms with Crippen molar-refractivity contribution in [1.29, 1.82) is 5.26 Å². The third-order valence-corrected chi connectivity index (χ3v) is 3.25. The van der Waals surface area contributed by atoms with Crippen molar-refractivity contribution >= 4 is 5.91 Å². The Balaban J connectivity index is 2.70. The molecule has 1 saturated heterocycles. The molecule has 0 aromatic carbocycles. The first-order valence-corrected chi connectivity index (χ1v) is 5.77. The fourth-order valence-electron chi connectivity index (χ4n) is 2.10. The van der Waals surface area contributed by atoms with Crippen LogP contribution < -0.4 is 0 Å². The van der Waals surface area contributed by atoms with E-state index in [1.54, 1.807) is 11.9 Å². The summed E-state index contributed by atoms with van der Waals surface area (Å²) in [5.74, 6) is -0.574. The van der Waals surface area contributed by atoms with Crippen LogP contribution >= 0.6 is 0 Å². The fourth-order valence-corrected chi connectivity index (χ4v) is 2.10. The van der Waals surface area contributed by atoms with Gasteiger partial charge >= 0.3 is 0 Å². The summed E-state index contributed by atoms with van der Waals surface area (Å²) in [6.45, 7) is 6.46. The zero-order valence-corrected chi connectivity index (χ0v) is 10.4. The number of rotatable bonds is 3.